The van der Waals surface area contributed by atoms with Gasteiger partial charge in [-0.25, -0.2) is 0 Å². The number of rotatable bonds is 3. The maximum atomic E-state index is 10.8. The molecule has 0 aliphatic rings. The fraction of sp³-hybridized carbons (Fsp3) is 0.714. The number of aliphatic hydroxyl groups excluding tert-OH is 1. The van der Waals surface area contributed by atoms with E-state index in [4.69, 9.17) is 5.11 Å². The molecular formula is C7H12O4. The third kappa shape index (κ3) is 3.72. The Kier molecular flexibility index (Phi) is 4.45. The van der Waals surface area contributed by atoms with E-state index in [-0.39, 0.29) is 6.61 Å². The summed E-state index contributed by atoms with van der Waals surface area (Å²) in [5.41, 5.74) is 0. The highest BCUT2D eigenvalue weighted by atomic mass is 16.6. The minimum absolute atomic E-state index is 0.275. The maximum Gasteiger partial charge on any atom is 0.318 e. The second kappa shape index (κ2) is 4.85. The van der Waals surface area contributed by atoms with E-state index in [1.165, 1.54) is 0 Å². The first-order valence-electron chi connectivity index (χ1n) is 3.45. The van der Waals surface area contributed by atoms with Crippen LogP contribution in [0.1, 0.15) is 20.3 Å². The molecule has 1 atom stereocenters. The standard InChI is InChI=1S/C7H12O4/c1-3-6(4-8)7(10)11-5(2)9/h6,8H,3-4H2,1-2H3. The Hall–Kier alpha value is -0.900. The second-order valence-corrected chi connectivity index (χ2v) is 2.20. The van der Waals surface area contributed by atoms with Gasteiger partial charge in [0.25, 0.3) is 0 Å². The lowest BCUT2D eigenvalue weighted by atomic mass is 10.1. The molecule has 64 valence electrons. The summed E-state index contributed by atoms with van der Waals surface area (Å²) >= 11 is 0. The van der Waals surface area contributed by atoms with Crippen LogP contribution in [0, 0.1) is 5.92 Å². The predicted octanol–water partition coefficient (Wildman–Crippen LogP) is 0.0946. The van der Waals surface area contributed by atoms with Crippen molar-refractivity contribution in [3.05, 3.63) is 0 Å². The van der Waals surface area contributed by atoms with Crippen molar-refractivity contribution in [3.8, 4) is 0 Å². The first kappa shape index (κ1) is 10.1. The van der Waals surface area contributed by atoms with Gasteiger partial charge in [0.2, 0.25) is 0 Å². The lowest BCUT2D eigenvalue weighted by molar-refractivity contribution is -0.162. The Morgan fingerprint density at radius 3 is 2.36 bits per heavy atom. The lowest BCUT2D eigenvalue weighted by Crippen LogP contribution is -2.22. The van der Waals surface area contributed by atoms with Gasteiger partial charge in [0.15, 0.2) is 0 Å². The van der Waals surface area contributed by atoms with Gasteiger partial charge in [-0.2, -0.15) is 0 Å². The molecule has 1 unspecified atom stereocenters. The fourth-order valence-electron chi connectivity index (χ4n) is 0.595. The lowest BCUT2D eigenvalue weighted by Gasteiger charge is -2.07. The number of ether oxygens (including phenoxy) is 1. The SMILES string of the molecule is CCC(CO)C(=O)OC(C)=O. The molecule has 0 rings (SSSR count). The first-order valence-corrected chi connectivity index (χ1v) is 3.45. The molecule has 11 heavy (non-hydrogen) atoms. The highest BCUT2D eigenvalue weighted by Crippen LogP contribution is 2.03. The van der Waals surface area contributed by atoms with E-state index in [0.29, 0.717) is 6.42 Å². The van der Waals surface area contributed by atoms with Crippen LogP contribution < -0.4 is 0 Å². The molecule has 0 aromatic carbocycles. The van der Waals surface area contributed by atoms with Gasteiger partial charge in [-0.15, -0.1) is 0 Å². The van der Waals surface area contributed by atoms with Crippen molar-refractivity contribution in [3.63, 3.8) is 0 Å². The molecule has 0 radical (unpaired) electrons. The van der Waals surface area contributed by atoms with E-state index >= 15 is 0 Å². The minimum Gasteiger partial charge on any atom is -0.395 e. The number of hydrogen-bond donors (Lipinski definition) is 1. The first-order chi connectivity index (χ1) is 5.11. The van der Waals surface area contributed by atoms with Gasteiger partial charge >= 0.3 is 11.9 Å². The normalized spacial score (nSPS) is 12.3. The van der Waals surface area contributed by atoms with Crippen LogP contribution in [0.15, 0.2) is 0 Å². The van der Waals surface area contributed by atoms with E-state index in [0.717, 1.165) is 6.92 Å². The summed E-state index contributed by atoms with van der Waals surface area (Å²) < 4.78 is 4.26. The number of carbonyl (C=O) groups excluding carboxylic acids is 2. The number of carbonyl (C=O) groups is 2. The van der Waals surface area contributed by atoms with E-state index < -0.39 is 17.9 Å². The quantitative estimate of drug-likeness (QED) is 0.469. The van der Waals surface area contributed by atoms with Gasteiger partial charge in [0.1, 0.15) is 0 Å². The number of esters is 2. The monoisotopic (exact) mass is 160 g/mol. The topological polar surface area (TPSA) is 63.6 Å². The van der Waals surface area contributed by atoms with Crippen LogP contribution in [0.2, 0.25) is 0 Å². The van der Waals surface area contributed by atoms with Crippen LogP contribution in [0.3, 0.4) is 0 Å². The third-order valence-corrected chi connectivity index (χ3v) is 1.29. The summed E-state index contributed by atoms with van der Waals surface area (Å²) in [4.78, 5) is 21.1. The van der Waals surface area contributed by atoms with Crippen LogP contribution in [-0.4, -0.2) is 23.7 Å². The van der Waals surface area contributed by atoms with Gasteiger partial charge in [-0.1, -0.05) is 6.92 Å². The van der Waals surface area contributed by atoms with Gasteiger partial charge in [0, 0.05) is 6.92 Å². The van der Waals surface area contributed by atoms with Crippen LogP contribution in [0.5, 0.6) is 0 Å². The van der Waals surface area contributed by atoms with Crippen molar-refractivity contribution in [2.45, 2.75) is 20.3 Å². The molecule has 0 amide bonds. The summed E-state index contributed by atoms with van der Waals surface area (Å²) in [6.07, 6.45) is 0.475. The molecule has 0 bridgehead atoms. The zero-order chi connectivity index (χ0) is 8.85. The number of hydrogen-bond acceptors (Lipinski definition) is 4. The molecule has 0 heterocycles. The van der Waals surface area contributed by atoms with Gasteiger partial charge in [0.05, 0.1) is 12.5 Å². The Morgan fingerprint density at radius 1 is 1.55 bits per heavy atom. The maximum absolute atomic E-state index is 10.8. The van der Waals surface area contributed by atoms with Crippen molar-refractivity contribution in [2.24, 2.45) is 5.92 Å². The number of aliphatic hydroxyl groups is 1. The molecule has 0 fully saturated rings. The Labute approximate surface area is 65.2 Å². The van der Waals surface area contributed by atoms with Crippen molar-refractivity contribution >= 4 is 11.9 Å². The summed E-state index contributed by atoms with van der Waals surface area (Å²) in [5, 5.41) is 8.60. The highest BCUT2D eigenvalue weighted by molar-refractivity contribution is 5.85. The Bertz CT molecular complexity index is 149. The van der Waals surface area contributed by atoms with Gasteiger partial charge < -0.3 is 9.84 Å². The van der Waals surface area contributed by atoms with E-state index in [2.05, 4.69) is 4.74 Å². The zero-order valence-corrected chi connectivity index (χ0v) is 6.66. The van der Waals surface area contributed by atoms with Crippen molar-refractivity contribution in [1.29, 1.82) is 0 Å². The average molecular weight is 160 g/mol. The minimum atomic E-state index is -0.650. The molecule has 1 N–H and O–H groups in total. The predicted molar refractivity (Wildman–Crippen MR) is 37.6 cm³/mol. The smallest absolute Gasteiger partial charge is 0.318 e. The van der Waals surface area contributed by atoms with Crippen LogP contribution in [0.25, 0.3) is 0 Å². The molecule has 4 nitrogen and oxygen atoms in total. The van der Waals surface area contributed by atoms with Crippen LogP contribution in [-0.2, 0) is 14.3 Å². The third-order valence-electron chi connectivity index (χ3n) is 1.29. The molecule has 0 aromatic heterocycles. The summed E-state index contributed by atoms with van der Waals surface area (Å²) in [6, 6.07) is 0. The second-order valence-electron chi connectivity index (χ2n) is 2.20. The molecule has 0 aliphatic heterocycles. The molecular weight excluding hydrogens is 148 g/mol. The van der Waals surface area contributed by atoms with Crippen LogP contribution in [0.4, 0.5) is 0 Å². The summed E-state index contributed by atoms with van der Waals surface area (Å²) in [6.45, 7) is 2.62. The molecule has 0 aromatic rings. The Balaban J connectivity index is 3.89. The van der Waals surface area contributed by atoms with Gasteiger partial charge in [-0.05, 0) is 6.42 Å². The van der Waals surface area contributed by atoms with Gasteiger partial charge in [-0.3, -0.25) is 9.59 Å². The average Bonchev–Trinajstić information content (AvgIpc) is 1.88. The summed E-state index contributed by atoms with van der Waals surface area (Å²) in [7, 11) is 0. The van der Waals surface area contributed by atoms with Crippen molar-refractivity contribution in [1.82, 2.24) is 0 Å². The molecule has 0 saturated carbocycles. The fourth-order valence-corrected chi connectivity index (χ4v) is 0.595. The Morgan fingerprint density at radius 2 is 2.09 bits per heavy atom. The molecule has 0 aliphatic carbocycles. The van der Waals surface area contributed by atoms with Crippen molar-refractivity contribution < 1.29 is 19.4 Å². The van der Waals surface area contributed by atoms with E-state index in [1.807, 2.05) is 0 Å². The van der Waals surface area contributed by atoms with E-state index in [1.54, 1.807) is 6.92 Å². The highest BCUT2D eigenvalue weighted by Gasteiger charge is 2.17. The molecule has 0 saturated heterocycles. The largest absolute Gasteiger partial charge is 0.395 e. The van der Waals surface area contributed by atoms with Crippen molar-refractivity contribution in [2.75, 3.05) is 6.61 Å². The van der Waals surface area contributed by atoms with Crippen LogP contribution >= 0.6 is 0 Å². The molecule has 4 heteroatoms. The summed E-state index contributed by atoms with van der Waals surface area (Å²) in [5.74, 6) is -1.86. The zero-order valence-electron chi connectivity index (χ0n) is 6.66. The molecule has 0 spiro atoms. The van der Waals surface area contributed by atoms with E-state index in [9.17, 15) is 9.59 Å².